The molecule has 0 saturated carbocycles. The van der Waals surface area contributed by atoms with Crippen LogP contribution < -0.4 is 0 Å². The number of oxime groups is 1. The second-order valence-corrected chi connectivity index (χ2v) is 7.64. The lowest BCUT2D eigenvalue weighted by molar-refractivity contribution is -0.140. The molecule has 1 heterocycles. The number of carbonyl (C=O) groups is 1. The summed E-state index contributed by atoms with van der Waals surface area (Å²) in [7, 11) is 0. The SMILES string of the molecule is CC(=O)O/N=C(\C)c1ccc(Sc2cc(F)cc(C3CCOCC3)c2)cc1. The molecule has 0 N–H and O–H groups in total. The largest absolute Gasteiger partial charge is 0.381 e. The summed E-state index contributed by atoms with van der Waals surface area (Å²) in [4.78, 5) is 17.4. The number of carbonyl (C=O) groups excluding carboxylic acids is 1. The molecule has 0 bridgehead atoms. The van der Waals surface area contributed by atoms with E-state index in [0.717, 1.165) is 47.0 Å². The zero-order valence-corrected chi connectivity index (χ0v) is 16.2. The Morgan fingerprint density at radius 1 is 1.11 bits per heavy atom. The van der Waals surface area contributed by atoms with Crippen LogP contribution in [0.2, 0.25) is 0 Å². The number of nitrogens with zero attached hydrogens (tertiary/aromatic N) is 1. The molecule has 0 spiro atoms. The molecule has 2 aromatic rings. The Bertz CT molecular complexity index is 830. The van der Waals surface area contributed by atoms with Gasteiger partial charge in [-0.2, -0.15) is 0 Å². The van der Waals surface area contributed by atoms with E-state index < -0.39 is 5.97 Å². The van der Waals surface area contributed by atoms with Gasteiger partial charge in [0.1, 0.15) is 5.82 Å². The highest BCUT2D eigenvalue weighted by molar-refractivity contribution is 7.99. The van der Waals surface area contributed by atoms with E-state index in [4.69, 9.17) is 4.74 Å². The third kappa shape index (κ3) is 5.65. The number of halogens is 1. The van der Waals surface area contributed by atoms with Crippen LogP contribution in [0, 0.1) is 5.82 Å². The maximum atomic E-state index is 14.1. The van der Waals surface area contributed by atoms with Crippen molar-refractivity contribution < 1.29 is 18.8 Å². The minimum atomic E-state index is -0.451. The lowest BCUT2D eigenvalue weighted by atomic mass is 9.92. The van der Waals surface area contributed by atoms with Crippen LogP contribution >= 0.6 is 11.8 Å². The summed E-state index contributed by atoms with van der Waals surface area (Å²) in [5, 5.41) is 3.78. The molecule has 27 heavy (non-hydrogen) atoms. The van der Waals surface area contributed by atoms with Gasteiger partial charge in [-0.25, -0.2) is 9.18 Å². The second-order valence-electron chi connectivity index (χ2n) is 6.49. The minimum absolute atomic E-state index is 0.206. The lowest BCUT2D eigenvalue weighted by Gasteiger charge is -2.22. The summed E-state index contributed by atoms with van der Waals surface area (Å²) in [5.74, 6) is -0.299. The smallest absolute Gasteiger partial charge is 0.331 e. The van der Waals surface area contributed by atoms with Crippen molar-refractivity contribution in [3.63, 3.8) is 0 Å². The van der Waals surface area contributed by atoms with Gasteiger partial charge in [0.25, 0.3) is 0 Å². The molecular formula is C21H22FNO3S. The molecule has 142 valence electrons. The normalized spacial score (nSPS) is 15.6. The maximum Gasteiger partial charge on any atom is 0.331 e. The molecule has 0 amide bonds. The fourth-order valence-corrected chi connectivity index (χ4v) is 3.91. The van der Waals surface area contributed by atoms with E-state index >= 15 is 0 Å². The van der Waals surface area contributed by atoms with Crippen molar-refractivity contribution in [2.75, 3.05) is 13.2 Å². The van der Waals surface area contributed by atoms with Crippen LogP contribution in [-0.4, -0.2) is 24.9 Å². The van der Waals surface area contributed by atoms with Gasteiger partial charge in [0.15, 0.2) is 0 Å². The summed E-state index contributed by atoms with van der Waals surface area (Å²) >= 11 is 1.52. The predicted molar refractivity (Wildman–Crippen MR) is 104 cm³/mol. The van der Waals surface area contributed by atoms with E-state index in [1.807, 2.05) is 24.3 Å². The van der Waals surface area contributed by atoms with E-state index in [2.05, 4.69) is 16.1 Å². The van der Waals surface area contributed by atoms with Crippen LogP contribution in [-0.2, 0) is 14.4 Å². The van der Waals surface area contributed by atoms with Gasteiger partial charge in [0, 0.05) is 29.9 Å². The molecule has 1 fully saturated rings. The molecule has 6 heteroatoms. The van der Waals surface area contributed by atoms with E-state index in [-0.39, 0.29) is 5.82 Å². The predicted octanol–water partition coefficient (Wildman–Crippen LogP) is 5.16. The van der Waals surface area contributed by atoms with Crippen LogP contribution in [0.25, 0.3) is 0 Å². The number of benzene rings is 2. The highest BCUT2D eigenvalue weighted by Gasteiger charge is 2.17. The number of rotatable bonds is 5. The molecule has 1 aliphatic rings. The van der Waals surface area contributed by atoms with Crippen molar-refractivity contribution in [2.45, 2.75) is 42.4 Å². The van der Waals surface area contributed by atoms with Crippen LogP contribution in [0.15, 0.2) is 57.4 Å². The molecule has 0 unspecified atom stereocenters. The van der Waals surface area contributed by atoms with Gasteiger partial charge in [-0.15, -0.1) is 0 Å². The van der Waals surface area contributed by atoms with Gasteiger partial charge in [0.2, 0.25) is 0 Å². The molecule has 0 aliphatic carbocycles. The van der Waals surface area contributed by atoms with Crippen LogP contribution in [0.1, 0.15) is 43.7 Å². The summed E-state index contributed by atoms with van der Waals surface area (Å²) < 4.78 is 19.5. The Morgan fingerprint density at radius 2 is 1.81 bits per heavy atom. The third-order valence-electron chi connectivity index (χ3n) is 4.41. The first-order valence-corrected chi connectivity index (χ1v) is 9.71. The quantitative estimate of drug-likeness (QED) is 0.404. The maximum absolute atomic E-state index is 14.1. The number of hydrogen-bond acceptors (Lipinski definition) is 5. The second kappa shape index (κ2) is 9.15. The number of hydrogen-bond donors (Lipinski definition) is 0. The van der Waals surface area contributed by atoms with Crippen molar-refractivity contribution in [2.24, 2.45) is 5.16 Å². The summed E-state index contributed by atoms with van der Waals surface area (Å²) in [6.07, 6.45) is 1.87. The van der Waals surface area contributed by atoms with Crippen LogP contribution in [0.4, 0.5) is 4.39 Å². The van der Waals surface area contributed by atoms with Gasteiger partial charge >= 0.3 is 5.97 Å². The summed E-state index contributed by atoms with van der Waals surface area (Å²) in [6.45, 7) is 4.56. The topological polar surface area (TPSA) is 47.9 Å². The Balaban J connectivity index is 1.72. The van der Waals surface area contributed by atoms with Crippen molar-refractivity contribution in [1.29, 1.82) is 0 Å². The molecular weight excluding hydrogens is 365 g/mol. The first kappa shape index (κ1) is 19.6. The van der Waals surface area contributed by atoms with E-state index in [1.165, 1.54) is 18.7 Å². The lowest BCUT2D eigenvalue weighted by Crippen LogP contribution is -2.14. The average molecular weight is 387 g/mol. The molecule has 4 nitrogen and oxygen atoms in total. The fourth-order valence-electron chi connectivity index (χ4n) is 3.00. The molecule has 1 saturated heterocycles. The van der Waals surface area contributed by atoms with Crippen LogP contribution in [0.3, 0.4) is 0 Å². The molecule has 1 aliphatic heterocycles. The van der Waals surface area contributed by atoms with Gasteiger partial charge in [0.05, 0.1) is 5.71 Å². The van der Waals surface area contributed by atoms with Crippen molar-refractivity contribution >= 4 is 23.4 Å². The van der Waals surface area contributed by atoms with E-state index in [0.29, 0.717) is 11.6 Å². The van der Waals surface area contributed by atoms with Gasteiger partial charge in [-0.05, 0) is 67.1 Å². The van der Waals surface area contributed by atoms with E-state index in [1.54, 1.807) is 19.1 Å². The highest BCUT2D eigenvalue weighted by atomic mass is 32.2. The Hall–Kier alpha value is -2.18. The van der Waals surface area contributed by atoms with Gasteiger partial charge in [-0.3, -0.25) is 0 Å². The molecule has 0 radical (unpaired) electrons. The van der Waals surface area contributed by atoms with Crippen molar-refractivity contribution in [1.82, 2.24) is 0 Å². The molecule has 2 aromatic carbocycles. The average Bonchev–Trinajstić information content (AvgIpc) is 2.67. The molecule has 0 atom stereocenters. The first-order chi connectivity index (χ1) is 13.0. The third-order valence-corrected chi connectivity index (χ3v) is 5.38. The Kier molecular flexibility index (Phi) is 6.63. The Labute approximate surface area is 162 Å². The van der Waals surface area contributed by atoms with E-state index in [9.17, 15) is 9.18 Å². The van der Waals surface area contributed by atoms with Crippen molar-refractivity contribution in [3.05, 3.63) is 59.4 Å². The van der Waals surface area contributed by atoms with Crippen LogP contribution in [0.5, 0.6) is 0 Å². The van der Waals surface area contributed by atoms with Gasteiger partial charge < -0.3 is 9.57 Å². The zero-order chi connectivity index (χ0) is 19.2. The first-order valence-electron chi connectivity index (χ1n) is 8.90. The summed E-state index contributed by atoms with van der Waals surface area (Å²) in [6, 6.07) is 13.0. The molecule has 0 aromatic heterocycles. The minimum Gasteiger partial charge on any atom is -0.381 e. The number of ether oxygens (including phenoxy) is 1. The zero-order valence-electron chi connectivity index (χ0n) is 15.4. The summed E-state index contributed by atoms with van der Waals surface area (Å²) in [5.41, 5.74) is 2.53. The monoisotopic (exact) mass is 387 g/mol. The standard InChI is InChI=1S/C21H22FNO3S/c1-14(23-26-15(2)24)16-3-5-20(6-4-16)27-21-12-18(11-19(22)13-21)17-7-9-25-10-8-17/h3-6,11-13,17H,7-10H2,1-2H3/b23-14+. The Morgan fingerprint density at radius 3 is 2.48 bits per heavy atom. The van der Waals surface area contributed by atoms with Gasteiger partial charge in [-0.1, -0.05) is 29.1 Å². The molecule has 3 rings (SSSR count). The van der Waals surface area contributed by atoms with Crippen molar-refractivity contribution in [3.8, 4) is 0 Å². The highest BCUT2D eigenvalue weighted by Crippen LogP contribution is 2.34. The fraction of sp³-hybridized carbons (Fsp3) is 0.333.